The van der Waals surface area contributed by atoms with Crippen molar-refractivity contribution in [1.82, 2.24) is 0 Å². The Morgan fingerprint density at radius 3 is 2.47 bits per heavy atom. The van der Waals surface area contributed by atoms with Crippen molar-refractivity contribution < 1.29 is 10.3 Å². The SMILES string of the molecule is CCC(/C=C/[C@@H](C)[C@H]1CC[C@H]2[C@@H]3/C(=N/O)C=C4C[C@@H](O)CC[C@]4(C)[C@H]3CC[C@]12C)C(C)C. The topological polar surface area (TPSA) is 52.8 Å². The minimum absolute atomic E-state index is 0.161. The van der Waals surface area contributed by atoms with E-state index < -0.39 is 0 Å². The summed E-state index contributed by atoms with van der Waals surface area (Å²) in [6, 6.07) is 0. The zero-order valence-corrected chi connectivity index (χ0v) is 21.3. The molecule has 0 heterocycles. The Balaban J connectivity index is 1.61. The summed E-state index contributed by atoms with van der Waals surface area (Å²) >= 11 is 0. The third-order valence-corrected chi connectivity index (χ3v) is 10.8. The Labute approximate surface area is 196 Å². The van der Waals surface area contributed by atoms with E-state index in [0.29, 0.717) is 46.8 Å². The maximum absolute atomic E-state index is 10.3. The lowest BCUT2D eigenvalue weighted by Crippen LogP contribution is -2.53. The number of rotatable bonds is 5. The van der Waals surface area contributed by atoms with Gasteiger partial charge in [-0.25, -0.2) is 0 Å². The monoisotopic (exact) mass is 441 g/mol. The van der Waals surface area contributed by atoms with E-state index >= 15 is 0 Å². The fourth-order valence-corrected chi connectivity index (χ4v) is 8.69. The number of nitrogens with zero attached hydrogens (tertiary/aromatic N) is 1. The van der Waals surface area contributed by atoms with Gasteiger partial charge in [-0.3, -0.25) is 0 Å². The molecule has 0 aromatic rings. The van der Waals surface area contributed by atoms with E-state index in [0.717, 1.165) is 25.0 Å². The smallest absolute Gasteiger partial charge is 0.0832 e. The highest BCUT2D eigenvalue weighted by molar-refractivity contribution is 5.99. The summed E-state index contributed by atoms with van der Waals surface area (Å²) in [5.41, 5.74) is 2.71. The number of fused-ring (bicyclic) bond motifs is 5. The molecule has 0 bridgehead atoms. The van der Waals surface area contributed by atoms with Crippen LogP contribution >= 0.6 is 0 Å². The van der Waals surface area contributed by atoms with Crippen molar-refractivity contribution in [1.29, 1.82) is 0 Å². The maximum Gasteiger partial charge on any atom is 0.0832 e. The molecular weight excluding hydrogens is 394 g/mol. The first-order chi connectivity index (χ1) is 15.2. The van der Waals surface area contributed by atoms with E-state index in [1.165, 1.54) is 37.7 Å². The van der Waals surface area contributed by atoms with Gasteiger partial charge >= 0.3 is 0 Å². The summed E-state index contributed by atoms with van der Waals surface area (Å²) in [6.07, 6.45) is 16.0. The zero-order valence-electron chi connectivity index (χ0n) is 21.3. The van der Waals surface area contributed by atoms with Crippen molar-refractivity contribution in [3.63, 3.8) is 0 Å². The quantitative estimate of drug-likeness (QED) is 0.268. The van der Waals surface area contributed by atoms with Crippen LogP contribution in [0.15, 0.2) is 29.0 Å². The van der Waals surface area contributed by atoms with E-state index in [9.17, 15) is 10.3 Å². The van der Waals surface area contributed by atoms with E-state index in [-0.39, 0.29) is 11.5 Å². The van der Waals surface area contributed by atoms with E-state index in [1.807, 2.05) is 0 Å². The summed E-state index contributed by atoms with van der Waals surface area (Å²) < 4.78 is 0. The van der Waals surface area contributed by atoms with Gasteiger partial charge in [-0.05, 0) is 104 Å². The Bertz CT molecular complexity index is 782. The van der Waals surface area contributed by atoms with Gasteiger partial charge < -0.3 is 10.3 Å². The molecule has 32 heavy (non-hydrogen) atoms. The number of hydrogen-bond acceptors (Lipinski definition) is 3. The van der Waals surface area contributed by atoms with Crippen molar-refractivity contribution in [3.8, 4) is 0 Å². The van der Waals surface area contributed by atoms with Gasteiger partial charge in [0.15, 0.2) is 0 Å². The average molecular weight is 442 g/mol. The molecule has 4 rings (SSSR count). The minimum Gasteiger partial charge on any atom is -0.411 e. The Kier molecular flexibility index (Phi) is 6.71. The first-order valence-corrected chi connectivity index (χ1v) is 13.4. The van der Waals surface area contributed by atoms with Crippen molar-refractivity contribution in [3.05, 3.63) is 23.8 Å². The number of oxime groups is 1. The first-order valence-electron chi connectivity index (χ1n) is 13.4. The van der Waals surface area contributed by atoms with Crippen LogP contribution in [0, 0.1) is 52.3 Å². The molecule has 9 atom stereocenters. The second-order valence-corrected chi connectivity index (χ2v) is 12.5. The summed E-state index contributed by atoms with van der Waals surface area (Å²) in [5.74, 6) is 4.19. The highest BCUT2D eigenvalue weighted by Gasteiger charge is 2.60. The predicted octanol–water partition coefficient (Wildman–Crippen LogP) is 7.24. The third kappa shape index (κ3) is 3.81. The molecule has 3 heteroatoms. The second kappa shape index (κ2) is 8.93. The molecule has 1 unspecified atom stereocenters. The van der Waals surface area contributed by atoms with Gasteiger partial charge in [0.05, 0.1) is 11.8 Å². The average Bonchev–Trinajstić information content (AvgIpc) is 3.11. The lowest BCUT2D eigenvalue weighted by molar-refractivity contribution is -0.0268. The lowest BCUT2D eigenvalue weighted by atomic mass is 9.46. The van der Waals surface area contributed by atoms with Gasteiger partial charge in [-0.15, -0.1) is 0 Å². The number of allylic oxidation sites excluding steroid dienone is 3. The Morgan fingerprint density at radius 2 is 1.81 bits per heavy atom. The molecule has 0 aromatic heterocycles. The fraction of sp³-hybridized carbons (Fsp3) is 0.828. The molecule has 0 spiro atoms. The number of hydrogen-bond donors (Lipinski definition) is 2. The van der Waals surface area contributed by atoms with Crippen molar-refractivity contribution in [2.45, 2.75) is 99.0 Å². The van der Waals surface area contributed by atoms with Crippen LogP contribution in [0.3, 0.4) is 0 Å². The van der Waals surface area contributed by atoms with Crippen LogP contribution in [0.1, 0.15) is 92.9 Å². The van der Waals surface area contributed by atoms with Crippen LogP contribution in [0.5, 0.6) is 0 Å². The van der Waals surface area contributed by atoms with Gasteiger partial charge in [0, 0.05) is 5.92 Å². The fourth-order valence-electron chi connectivity index (χ4n) is 8.69. The molecule has 0 amide bonds. The molecular formula is C29H47NO2. The van der Waals surface area contributed by atoms with Gasteiger partial charge in [-0.1, -0.05) is 64.4 Å². The van der Waals surface area contributed by atoms with Gasteiger partial charge in [0.25, 0.3) is 0 Å². The summed E-state index contributed by atoms with van der Waals surface area (Å²) in [4.78, 5) is 0. The first kappa shape index (κ1) is 24.0. The molecule has 3 saturated carbocycles. The molecule has 0 radical (unpaired) electrons. The largest absolute Gasteiger partial charge is 0.411 e. The predicted molar refractivity (Wildman–Crippen MR) is 133 cm³/mol. The third-order valence-electron chi connectivity index (χ3n) is 10.8. The van der Waals surface area contributed by atoms with Crippen LogP contribution < -0.4 is 0 Å². The second-order valence-electron chi connectivity index (χ2n) is 12.5. The van der Waals surface area contributed by atoms with Crippen molar-refractivity contribution in [2.24, 2.45) is 57.4 Å². The zero-order chi connectivity index (χ0) is 23.3. The summed E-state index contributed by atoms with van der Waals surface area (Å²) in [5, 5.41) is 24.2. The van der Waals surface area contributed by atoms with Crippen LogP contribution in [-0.4, -0.2) is 22.1 Å². The molecule has 2 N–H and O–H groups in total. The van der Waals surface area contributed by atoms with Crippen molar-refractivity contribution in [2.75, 3.05) is 0 Å². The van der Waals surface area contributed by atoms with Gasteiger partial charge in [0.1, 0.15) is 0 Å². The highest BCUT2D eigenvalue weighted by atomic mass is 16.4. The molecule has 3 nitrogen and oxygen atoms in total. The minimum atomic E-state index is -0.235. The molecule has 0 aliphatic heterocycles. The Morgan fingerprint density at radius 1 is 1.06 bits per heavy atom. The molecule has 4 aliphatic carbocycles. The molecule has 0 saturated heterocycles. The molecule has 180 valence electrons. The van der Waals surface area contributed by atoms with E-state index in [1.54, 1.807) is 0 Å². The standard InChI is InChI=1S/C29H47NO2/c1-7-20(18(2)3)9-8-19(4)23-10-11-24-27-25(13-15-29(23,24)6)28(5)14-12-22(31)16-21(28)17-26(27)30-32/h8-9,17-20,22-25,27,31-32H,7,10-16H2,1-6H3/b9-8+,30-26+/t19-,20?,22+,23-,24+,25+,27+,28+,29-/m1/s1. The van der Waals surface area contributed by atoms with Gasteiger partial charge in [0.2, 0.25) is 0 Å². The van der Waals surface area contributed by atoms with Crippen LogP contribution in [-0.2, 0) is 0 Å². The highest BCUT2D eigenvalue weighted by Crippen LogP contribution is 2.66. The number of aliphatic hydroxyl groups excluding tert-OH is 1. The van der Waals surface area contributed by atoms with E-state index in [2.05, 4.69) is 64.9 Å². The Hall–Kier alpha value is -1.09. The number of aliphatic hydroxyl groups is 1. The molecule has 0 aromatic carbocycles. The van der Waals surface area contributed by atoms with E-state index in [4.69, 9.17) is 0 Å². The lowest BCUT2D eigenvalue weighted by Gasteiger charge is -2.58. The van der Waals surface area contributed by atoms with Gasteiger partial charge in [-0.2, -0.15) is 0 Å². The summed E-state index contributed by atoms with van der Waals surface area (Å²) in [7, 11) is 0. The molecule has 3 fully saturated rings. The van der Waals surface area contributed by atoms with Crippen molar-refractivity contribution >= 4 is 5.71 Å². The normalized spacial score (nSPS) is 44.8. The van der Waals surface area contributed by atoms with Crippen LogP contribution in [0.2, 0.25) is 0 Å². The van der Waals surface area contributed by atoms with Crippen LogP contribution in [0.4, 0.5) is 0 Å². The maximum atomic E-state index is 10.3. The summed E-state index contributed by atoms with van der Waals surface area (Å²) in [6.45, 7) is 14.4. The molecule has 4 aliphatic rings. The van der Waals surface area contributed by atoms with Crippen LogP contribution in [0.25, 0.3) is 0 Å².